The summed E-state index contributed by atoms with van der Waals surface area (Å²) in [5, 5.41) is 25.0. The van der Waals surface area contributed by atoms with Gasteiger partial charge in [0.2, 0.25) is 0 Å². The van der Waals surface area contributed by atoms with Gasteiger partial charge in [0.15, 0.2) is 11.2 Å². The zero-order chi connectivity index (χ0) is 15.5. The molecule has 0 aliphatic heterocycles. The lowest BCUT2D eigenvalue weighted by Gasteiger charge is -2.17. The molecule has 2 amide bonds. The number of aliphatic hydroxyl groups is 1. The van der Waals surface area contributed by atoms with Gasteiger partial charge < -0.3 is 15.5 Å². The molecule has 1 aromatic heterocycles. The third-order valence-corrected chi connectivity index (χ3v) is 3.29. The Kier molecular flexibility index (Phi) is 5.07. The number of carbonyl (C=O) groups excluding carboxylic acids is 1. The number of aromatic nitrogens is 1. The highest BCUT2D eigenvalue weighted by Crippen LogP contribution is 2.26. The number of carboxylic acids is 1. The van der Waals surface area contributed by atoms with E-state index in [1.807, 2.05) is 26.2 Å². The fourth-order valence-corrected chi connectivity index (χ4v) is 2.27. The standard InChI is InChI=1S/C12H19N3O4S/c1-6(16)8(9(17)18)14-10(19)15-11-13-7(5-20-11)12(2,3)4/h5-6,8,16H,1-4H3,(H,17,18)(H2,13,14,15,19)/t6-,8+/m1/s1. The maximum Gasteiger partial charge on any atom is 0.328 e. The lowest BCUT2D eigenvalue weighted by atomic mass is 9.93. The zero-order valence-electron chi connectivity index (χ0n) is 11.8. The van der Waals surface area contributed by atoms with Crippen molar-refractivity contribution in [1.82, 2.24) is 10.3 Å². The molecule has 4 N–H and O–H groups in total. The predicted molar refractivity (Wildman–Crippen MR) is 76.1 cm³/mol. The summed E-state index contributed by atoms with van der Waals surface area (Å²) in [6.45, 7) is 7.29. The Bertz CT molecular complexity index is 493. The normalized spacial score (nSPS) is 14.4. The lowest BCUT2D eigenvalue weighted by Crippen LogP contribution is -2.49. The second kappa shape index (κ2) is 6.19. The fourth-order valence-electron chi connectivity index (χ4n) is 1.34. The van der Waals surface area contributed by atoms with Crippen LogP contribution in [0.15, 0.2) is 5.38 Å². The summed E-state index contributed by atoms with van der Waals surface area (Å²) in [5.74, 6) is -1.30. The van der Waals surface area contributed by atoms with E-state index in [0.717, 1.165) is 5.69 Å². The molecule has 0 spiro atoms. The van der Waals surface area contributed by atoms with Gasteiger partial charge in [-0.05, 0) is 6.92 Å². The van der Waals surface area contributed by atoms with Crippen LogP contribution < -0.4 is 10.6 Å². The first-order valence-corrected chi connectivity index (χ1v) is 6.93. The smallest absolute Gasteiger partial charge is 0.328 e. The summed E-state index contributed by atoms with van der Waals surface area (Å²) < 4.78 is 0. The summed E-state index contributed by atoms with van der Waals surface area (Å²) >= 11 is 1.26. The number of carbonyl (C=O) groups is 2. The second-order valence-electron chi connectivity index (χ2n) is 5.44. The Balaban J connectivity index is 2.67. The number of nitrogens with one attached hydrogen (secondary N) is 2. The van der Waals surface area contributed by atoms with Gasteiger partial charge in [-0.3, -0.25) is 5.32 Å². The highest BCUT2D eigenvalue weighted by atomic mass is 32.1. The Morgan fingerprint density at radius 3 is 2.40 bits per heavy atom. The van der Waals surface area contributed by atoms with Crippen LogP contribution in [0.25, 0.3) is 0 Å². The summed E-state index contributed by atoms with van der Waals surface area (Å²) in [7, 11) is 0. The average Bonchev–Trinajstić information content (AvgIpc) is 2.73. The van der Waals surface area contributed by atoms with E-state index in [9.17, 15) is 14.7 Å². The number of aliphatic hydroxyl groups excluding tert-OH is 1. The molecule has 0 aliphatic carbocycles. The van der Waals surface area contributed by atoms with Crippen molar-refractivity contribution in [3.05, 3.63) is 11.1 Å². The van der Waals surface area contributed by atoms with Crippen molar-refractivity contribution in [3.8, 4) is 0 Å². The van der Waals surface area contributed by atoms with Gasteiger partial charge in [-0.2, -0.15) is 0 Å². The Labute approximate surface area is 121 Å². The minimum atomic E-state index is -1.36. The van der Waals surface area contributed by atoms with Crippen LogP contribution in [-0.2, 0) is 10.2 Å². The van der Waals surface area contributed by atoms with Crippen molar-refractivity contribution in [2.45, 2.75) is 45.3 Å². The second-order valence-corrected chi connectivity index (χ2v) is 6.30. The molecule has 1 aromatic rings. The summed E-state index contributed by atoms with van der Waals surface area (Å²) in [6.07, 6.45) is -1.19. The van der Waals surface area contributed by atoms with Gasteiger partial charge in [-0.1, -0.05) is 20.8 Å². The van der Waals surface area contributed by atoms with E-state index in [-0.39, 0.29) is 5.41 Å². The summed E-state index contributed by atoms with van der Waals surface area (Å²) in [4.78, 5) is 26.8. The molecule has 1 rings (SSSR count). The van der Waals surface area contributed by atoms with Gasteiger partial charge >= 0.3 is 12.0 Å². The van der Waals surface area contributed by atoms with Crippen molar-refractivity contribution >= 4 is 28.5 Å². The third-order valence-electron chi connectivity index (χ3n) is 2.53. The number of hydrogen-bond acceptors (Lipinski definition) is 5. The van der Waals surface area contributed by atoms with E-state index in [2.05, 4.69) is 15.6 Å². The van der Waals surface area contributed by atoms with Gasteiger partial charge in [-0.25, -0.2) is 14.6 Å². The van der Waals surface area contributed by atoms with Crippen LogP contribution in [0, 0.1) is 0 Å². The molecular formula is C12H19N3O4S. The zero-order valence-corrected chi connectivity index (χ0v) is 12.6. The molecule has 20 heavy (non-hydrogen) atoms. The van der Waals surface area contributed by atoms with E-state index in [0.29, 0.717) is 5.13 Å². The molecule has 7 nitrogen and oxygen atoms in total. The number of rotatable bonds is 4. The molecule has 0 aliphatic rings. The minimum absolute atomic E-state index is 0.129. The summed E-state index contributed by atoms with van der Waals surface area (Å²) in [5.41, 5.74) is 0.707. The van der Waals surface area contributed by atoms with Crippen molar-refractivity contribution in [1.29, 1.82) is 0 Å². The number of nitrogens with zero attached hydrogens (tertiary/aromatic N) is 1. The topological polar surface area (TPSA) is 112 Å². The molecular weight excluding hydrogens is 282 g/mol. The van der Waals surface area contributed by atoms with Crippen molar-refractivity contribution in [2.24, 2.45) is 0 Å². The molecule has 0 unspecified atom stereocenters. The third kappa shape index (κ3) is 4.46. The van der Waals surface area contributed by atoms with E-state index in [4.69, 9.17) is 5.11 Å². The first-order chi connectivity index (χ1) is 9.11. The van der Waals surface area contributed by atoms with E-state index < -0.39 is 24.1 Å². The lowest BCUT2D eigenvalue weighted by molar-refractivity contribution is -0.141. The molecule has 0 aromatic carbocycles. The molecule has 112 valence electrons. The van der Waals surface area contributed by atoms with Gasteiger partial charge in [0.25, 0.3) is 0 Å². The number of anilines is 1. The van der Waals surface area contributed by atoms with Crippen molar-refractivity contribution in [3.63, 3.8) is 0 Å². The highest BCUT2D eigenvalue weighted by molar-refractivity contribution is 7.13. The molecule has 2 atom stereocenters. The van der Waals surface area contributed by atoms with Gasteiger partial charge in [0.05, 0.1) is 11.8 Å². The van der Waals surface area contributed by atoms with Crippen LogP contribution in [-0.4, -0.2) is 39.3 Å². The molecule has 0 saturated carbocycles. The Morgan fingerprint density at radius 2 is 2.00 bits per heavy atom. The van der Waals surface area contributed by atoms with Crippen LogP contribution in [0.4, 0.5) is 9.93 Å². The van der Waals surface area contributed by atoms with E-state index in [1.165, 1.54) is 18.3 Å². The highest BCUT2D eigenvalue weighted by Gasteiger charge is 2.25. The van der Waals surface area contributed by atoms with Crippen LogP contribution in [0.3, 0.4) is 0 Å². The Hall–Kier alpha value is -1.67. The summed E-state index contributed by atoms with van der Waals surface area (Å²) in [6, 6.07) is -2.08. The number of amides is 2. The SMILES string of the molecule is C[C@@H](O)[C@H](NC(=O)Nc1nc(C(C)(C)C)cs1)C(=O)O. The fraction of sp³-hybridized carbons (Fsp3) is 0.583. The van der Waals surface area contributed by atoms with Gasteiger partial charge in [-0.15, -0.1) is 11.3 Å². The van der Waals surface area contributed by atoms with Crippen LogP contribution >= 0.6 is 11.3 Å². The number of aliphatic carboxylic acids is 1. The minimum Gasteiger partial charge on any atom is -0.480 e. The first kappa shape index (κ1) is 16.4. The van der Waals surface area contributed by atoms with E-state index in [1.54, 1.807) is 0 Å². The van der Waals surface area contributed by atoms with Gasteiger partial charge in [0, 0.05) is 10.8 Å². The molecule has 0 saturated heterocycles. The Morgan fingerprint density at radius 1 is 1.40 bits per heavy atom. The van der Waals surface area contributed by atoms with Crippen molar-refractivity contribution < 1.29 is 19.8 Å². The van der Waals surface area contributed by atoms with Gasteiger partial charge in [0.1, 0.15) is 0 Å². The molecule has 0 bridgehead atoms. The molecule has 8 heteroatoms. The predicted octanol–water partition coefficient (Wildman–Crippen LogP) is 1.40. The van der Waals surface area contributed by atoms with E-state index >= 15 is 0 Å². The van der Waals surface area contributed by atoms with Crippen LogP contribution in [0.1, 0.15) is 33.4 Å². The van der Waals surface area contributed by atoms with Crippen LogP contribution in [0.5, 0.6) is 0 Å². The van der Waals surface area contributed by atoms with Crippen LogP contribution in [0.2, 0.25) is 0 Å². The molecule has 0 fully saturated rings. The number of hydrogen-bond donors (Lipinski definition) is 4. The maximum atomic E-state index is 11.7. The molecule has 1 heterocycles. The number of thiazole rings is 1. The van der Waals surface area contributed by atoms with Crippen molar-refractivity contribution in [2.75, 3.05) is 5.32 Å². The first-order valence-electron chi connectivity index (χ1n) is 6.05. The monoisotopic (exact) mass is 301 g/mol. The quantitative estimate of drug-likeness (QED) is 0.671. The number of carboxylic acid groups (broad SMARTS) is 1. The number of urea groups is 1. The largest absolute Gasteiger partial charge is 0.480 e. The molecule has 0 radical (unpaired) electrons. The maximum absolute atomic E-state index is 11.7. The average molecular weight is 301 g/mol.